The van der Waals surface area contributed by atoms with Crippen molar-refractivity contribution in [2.75, 3.05) is 25.6 Å². The average molecular weight is 385 g/mol. The number of carbonyl (C=O) groups is 1. The summed E-state index contributed by atoms with van der Waals surface area (Å²) in [6.45, 7) is 2.86. The van der Waals surface area contributed by atoms with Gasteiger partial charge in [-0.15, -0.1) is 11.3 Å². The summed E-state index contributed by atoms with van der Waals surface area (Å²) in [5.74, 6) is 1.07. The minimum Gasteiger partial charge on any atom is -0.494 e. The predicted molar refractivity (Wildman–Crippen MR) is 92.3 cm³/mol. The highest BCUT2D eigenvalue weighted by molar-refractivity contribution is 9.10. The zero-order chi connectivity index (χ0) is 16.1. The van der Waals surface area contributed by atoms with Crippen LogP contribution in [0, 0.1) is 6.92 Å². The molecule has 0 radical (unpaired) electrons. The largest absolute Gasteiger partial charge is 0.494 e. The highest BCUT2D eigenvalue weighted by atomic mass is 79.9. The van der Waals surface area contributed by atoms with E-state index in [1.165, 1.54) is 11.3 Å². The third-order valence-electron chi connectivity index (χ3n) is 2.88. The fraction of sp³-hybridized carbons (Fsp3) is 0.267. The first-order chi connectivity index (χ1) is 10.6. The number of hydrogen-bond donors (Lipinski definition) is 2. The highest BCUT2D eigenvalue weighted by Gasteiger charge is 2.20. The zero-order valence-corrected chi connectivity index (χ0v) is 14.7. The molecule has 0 aliphatic carbocycles. The van der Waals surface area contributed by atoms with Crippen LogP contribution in [0.4, 0.5) is 5.69 Å². The number of ether oxygens (including phenoxy) is 2. The summed E-state index contributed by atoms with van der Waals surface area (Å²) in [5, 5.41) is 2.85. The van der Waals surface area contributed by atoms with Crippen molar-refractivity contribution < 1.29 is 14.3 Å². The first-order valence-corrected chi connectivity index (χ1v) is 8.25. The minimum absolute atomic E-state index is 0.203. The number of anilines is 1. The van der Waals surface area contributed by atoms with Crippen molar-refractivity contribution in [1.82, 2.24) is 0 Å². The molecule has 118 valence electrons. The molecule has 0 atom stereocenters. The van der Waals surface area contributed by atoms with Crippen LogP contribution in [0.1, 0.15) is 14.5 Å². The van der Waals surface area contributed by atoms with E-state index in [1.807, 2.05) is 6.92 Å². The quantitative estimate of drug-likeness (QED) is 0.799. The Kier molecular flexibility index (Phi) is 5.82. The molecule has 7 heteroatoms. The lowest BCUT2D eigenvalue weighted by atomic mass is 10.3. The summed E-state index contributed by atoms with van der Waals surface area (Å²) in [6, 6.07) is 7.15. The van der Waals surface area contributed by atoms with E-state index in [0.29, 0.717) is 29.5 Å². The number of halogens is 1. The summed E-state index contributed by atoms with van der Waals surface area (Å²) >= 11 is 4.81. The first kappa shape index (κ1) is 16.8. The molecule has 1 aromatic carbocycles. The summed E-state index contributed by atoms with van der Waals surface area (Å²) in [5.41, 5.74) is 6.07. The van der Waals surface area contributed by atoms with Gasteiger partial charge >= 0.3 is 0 Å². The number of nitrogens with two attached hydrogens (primary N) is 1. The van der Waals surface area contributed by atoms with Gasteiger partial charge in [0.2, 0.25) is 0 Å². The molecule has 0 aliphatic heterocycles. The van der Waals surface area contributed by atoms with Gasteiger partial charge in [0.05, 0.1) is 11.6 Å². The first-order valence-electron chi connectivity index (χ1n) is 6.64. The topological polar surface area (TPSA) is 73.6 Å². The molecule has 22 heavy (non-hydrogen) atoms. The molecule has 0 fully saturated rings. The molecule has 0 unspecified atom stereocenters. The number of carbonyl (C=O) groups excluding carboxylic acids is 1. The monoisotopic (exact) mass is 384 g/mol. The Hall–Kier alpha value is -1.57. The molecule has 1 amide bonds. The second-order valence-electron chi connectivity index (χ2n) is 4.45. The fourth-order valence-corrected chi connectivity index (χ4v) is 3.48. The second kappa shape index (κ2) is 7.62. The number of amides is 1. The lowest BCUT2D eigenvalue weighted by Gasteiger charge is -2.08. The average Bonchev–Trinajstić information content (AvgIpc) is 2.81. The number of rotatable bonds is 6. The molecule has 0 saturated carbocycles. The third-order valence-corrected chi connectivity index (χ3v) is 5.18. The van der Waals surface area contributed by atoms with E-state index in [-0.39, 0.29) is 5.91 Å². The van der Waals surface area contributed by atoms with Crippen molar-refractivity contribution in [2.45, 2.75) is 6.92 Å². The van der Waals surface area contributed by atoms with Gasteiger partial charge < -0.3 is 20.5 Å². The molecule has 0 bridgehead atoms. The van der Waals surface area contributed by atoms with Gasteiger partial charge in [-0.3, -0.25) is 4.79 Å². The van der Waals surface area contributed by atoms with Gasteiger partial charge in [-0.05, 0) is 47.1 Å². The Morgan fingerprint density at radius 2 is 2.05 bits per heavy atom. The molecule has 1 aromatic heterocycles. The summed E-state index contributed by atoms with van der Waals surface area (Å²) in [6.07, 6.45) is 0. The molecule has 2 aromatic rings. The molecular formula is C15H17BrN2O3S. The van der Waals surface area contributed by atoms with Crippen LogP contribution in [-0.2, 0) is 0 Å². The van der Waals surface area contributed by atoms with Gasteiger partial charge in [-0.2, -0.15) is 0 Å². The molecule has 5 nitrogen and oxygen atoms in total. The van der Waals surface area contributed by atoms with E-state index in [9.17, 15) is 4.79 Å². The van der Waals surface area contributed by atoms with Gasteiger partial charge in [-0.25, -0.2) is 0 Å². The van der Waals surface area contributed by atoms with Crippen LogP contribution >= 0.6 is 27.3 Å². The second-order valence-corrected chi connectivity index (χ2v) is 6.47. The van der Waals surface area contributed by atoms with Crippen LogP contribution in [0.3, 0.4) is 0 Å². The molecular weight excluding hydrogens is 368 g/mol. The fourth-order valence-electron chi connectivity index (χ4n) is 1.83. The Bertz CT molecular complexity index is 656. The van der Waals surface area contributed by atoms with Crippen LogP contribution in [-0.4, -0.2) is 26.2 Å². The Morgan fingerprint density at radius 3 is 2.64 bits per heavy atom. The standard InChI is InChI=1S/C15H17BrN2O3S/c1-9-12(16)13(20-2)14(22-9)15(19)18-10-3-5-11(6-4-10)21-8-7-17/h3-6H,7-8,17H2,1-2H3,(H,18,19). The minimum atomic E-state index is -0.203. The summed E-state index contributed by atoms with van der Waals surface area (Å²) < 4.78 is 11.5. The summed E-state index contributed by atoms with van der Waals surface area (Å²) in [4.78, 5) is 13.9. The van der Waals surface area contributed by atoms with Crippen molar-refractivity contribution in [3.63, 3.8) is 0 Å². The molecule has 1 heterocycles. The van der Waals surface area contributed by atoms with Crippen LogP contribution < -0.4 is 20.5 Å². The van der Waals surface area contributed by atoms with Gasteiger partial charge in [0.1, 0.15) is 17.2 Å². The number of nitrogens with one attached hydrogen (secondary N) is 1. The van der Waals surface area contributed by atoms with E-state index < -0.39 is 0 Å². The van der Waals surface area contributed by atoms with Gasteiger partial charge in [-0.1, -0.05) is 0 Å². The number of benzene rings is 1. The van der Waals surface area contributed by atoms with E-state index in [1.54, 1.807) is 31.4 Å². The SMILES string of the molecule is COc1c(C(=O)Nc2ccc(OCCN)cc2)sc(C)c1Br. The maximum absolute atomic E-state index is 12.4. The lowest BCUT2D eigenvalue weighted by Crippen LogP contribution is -2.12. The maximum atomic E-state index is 12.4. The molecule has 3 N–H and O–H groups in total. The number of hydrogen-bond acceptors (Lipinski definition) is 5. The zero-order valence-electron chi connectivity index (χ0n) is 12.3. The normalized spacial score (nSPS) is 10.4. The van der Waals surface area contributed by atoms with Gasteiger partial charge in [0, 0.05) is 17.1 Å². The Morgan fingerprint density at radius 1 is 1.36 bits per heavy atom. The third kappa shape index (κ3) is 3.79. The van der Waals surface area contributed by atoms with Crippen molar-refractivity contribution in [3.05, 3.63) is 38.5 Å². The van der Waals surface area contributed by atoms with Gasteiger partial charge in [0.15, 0.2) is 5.75 Å². The van der Waals surface area contributed by atoms with Crippen LogP contribution in [0.15, 0.2) is 28.7 Å². The lowest BCUT2D eigenvalue weighted by molar-refractivity contribution is 0.102. The number of aryl methyl sites for hydroxylation is 1. The van der Waals surface area contributed by atoms with Gasteiger partial charge in [0.25, 0.3) is 5.91 Å². The van der Waals surface area contributed by atoms with E-state index in [0.717, 1.165) is 15.1 Å². The number of methoxy groups -OCH3 is 1. The Balaban J connectivity index is 2.10. The van der Waals surface area contributed by atoms with Crippen molar-refractivity contribution in [3.8, 4) is 11.5 Å². The molecule has 0 spiro atoms. The molecule has 2 rings (SSSR count). The molecule has 0 aliphatic rings. The van der Waals surface area contributed by atoms with Crippen LogP contribution in [0.25, 0.3) is 0 Å². The van der Waals surface area contributed by atoms with Crippen LogP contribution in [0.2, 0.25) is 0 Å². The Labute approximate surface area is 141 Å². The van der Waals surface area contributed by atoms with E-state index in [2.05, 4.69) is 21.2 Å². The summed E-state index contributed by atoms with van der Waals surface area (Å²) in [7, 11) is 1.55. The van der Waals surface area contributed by atoms with E-state index in [4.69, 9.17) is 15.2 Å². The predicted octanol–water partition coefficient (Wildman–Crippen LogP) is 3.42. The maximum Gasteiger partial charge on any atom is 0.269 e. The van der Waals surface area contributed by atoms with E-state index >= 15 is 0 Å². The van der Waals surface area contributed by atoms with Crippen molar-refractivity contribution >= 4 is 38.9 Å². The van der Waals surface area contributed by atoms with Crippen molar-refractivity contribution in [2.24, 2.45) is 5.73 Å². The van der Waals surface area contributed by atoms with Crippen LogP contribution in [0.5, 0.6) is 11.5 Å². The van der Waals surface area contributed by atoms with Crippen molar-refractivity contribution in [1.29, 1.82) is 0 Å². The molecule has 0 saturated heterocycles. The number of thiophene rings is 1. The smallest absolute Gasteiger partial charge is 0.269 e. The highest BCUT2D eigenvalue weighted by Crippen LogP contribution is 2.39.